The third-order valence-corrected chi connectivity index (χ3v) is 3.86. The molecule has 1 amide bonds. The Morgan fingerprint density at radius 3 is 2.11 bits per heavy atom. The van der Waals surface area contributed by atoms with E-state index in [0.29, 0.717) is 24.9 Å². The van der Waals surface area contributed by atoms with E-state index in [9.17, 15) is 15.0 Å². The van der Waals surface area contributed by atoms with Crippen molar-refractivity contribution in [1.82, 2.24) is 4.90 Å². The van der Waals surface area contributed by atoms with E-state index in [1.54, 1.807) is 4.90 Å². The lowest BCUT2D eigenvalue weighted by atomic mass is 10.0. The second-order valence-electron chi connectivity index (χ2n) is 6.55. The molecule has 104 valence electrons. The van der Waals surface area contributed by atoms with Crippen LogP contribution in [-0.2, 0) is 4.74 Å². The van der Waals surface area contributed by atoms with Gasteiger partial charge in [-0.25, -0.2) is 4.79 Å². The van der Waals surface area contributed by atoms with Crippen molar-refractivity contribution in [1.29, 1.82) is 0 Å². The summed E-state index contributed by atoms with van der Waals surface area (Å²) in [5.74, 6) is 0.759. The molecule has 18 heavy (non-hydrogen) atoms. The number of amides is 1. The van der Waals surface area contributed by atoms with Crippen molar-refractivity contribution in [2.24, 2.45) is 17.8 Å². The molecule has 2 N–H and O–H groups in total. The van der Waals surface area contributed by atoms with Gasteiger partial charge in [-0.1, -0.05) is 0 Å². The third kappa shape index (κ3) is 2.95. The standard InChI is InChI=1S/C13H23NO4/c1-13(2,3)18-12(17)14-6-9-4-8(11(15)16)5-10(9)7-14/h8-11,15-16H,4-7H2,1-3H3. The van der Waals surface area contributed by atoms with Crippen molar-refractivity contribution < 1.29 is 19.7 Å². The van der Waals surface area contributed by atoms with Crippen LogP contribution in [0.25, 0.3) is 0 Å². The summed E-state index contributed by atoms with van der Waals surface area (Å²) in [6, 6.07) is 0. The summed E-state index contributed by atoms with van der Waals surface area (Å²) in [5, 5.41) is 18.4. The zero-order valence-electron chi connectivity index (χ0n) is 11.3. The predicted molar refractivity (Wildman–Crippen MR) is 65.7 cm³/mol. The molecule has 2 aliphatic rings. The van der Waals surface area contributed by atoms with Crippen molar-refractivity contribution in [2.45, 2.75) is 45.5 Å². The van der Waals surface area contributed by atoms with Crippen LogP contribution >= 0.6 is 0 Å². The Morgan fingerprint density at radius 1 is 1.22 bits per heavy atom. The van der Waals surface area contributed by atoms with Crippen molar-refractivity contribution >= 4 is 6.09 Å². The summed E-state index contributed by atoms with van der Waals surface area (Å²) in [6.45, 7) is 6.95. The molecule has 0 bridgehead atoms. The van der Waals surface area contributed by atoms with E-state index in [1.165, 1.54) is 0 Å². The number of nitrogens with zero attached hydrogens (tertiary/aromatic N) is 1. The zero-order valence-corrected chi connectivity index (χ0v) is 11.3. The van der Waals surface area contributed by atoms with E-state index in [4.69, 9.17) is 4.74 Å². The fourth-order valence-corrected chi connectivity index (χ4v) is 3.07. The molecule has 1 heterocycles. The lowest BCUT2D eigenvalue weighted by molar-refractivity contribution is -0.0839. The largest absolute Gasteiger partial charge is 0.444 e. The van der Waals surface area contributed by atoms with Gasteiger partial charge in [-0.3, -0.25) is 0 Å². The molecule has 2 fully saturated rings. The summed E-state index contributed by atoms with van der Waals surface area (Å²) in [6.07, 6.45) is 0.118. The summed E-state index contributed by atoms with van der Waals surface area (Å²) < 4.78 is 5.35. The summed E-state index contributed by atoms with van der Waals surface area (Å²) in [7, 11) is 0. The van der Waals surface area contributed by atoms with Gasteiger partial charge in [0.05, 0.1) is 0 Å². The molecule has 0 aromatic carbocycles. The van der Waals surface area contributed by atoms with Gasteiger partial charge in [-0.2, -0.15) is 0 Å². The van der Waals surface area contributed by atoms with Gasteiger partial charge in [0.25, 0.3) is 0 Å². The number of likely N-dealkylation sites (tertiary alicyclic amines) is 1. The van der Waals surface area contributed by atoms with E-state index in [0.717, 1.165) is 12.8 Å². The molecule has 5 heteroatoms. The van der Waals surface area contributed by atoms with E-state index < -0.39 is 11.9 Å². The first kappa shape index (κ1) is 13.6. The second kappa shape index (κ2) is 4.70. The highest BCUT2D eigenvalue weighted by atomic mass is 16.6. The van der Waals surface area contributed by atoms with Crippen LogP contribution in [0.3, 0.4) is 0 Å². The lowest BCUT2D eigenvalue weighted by Gasteiger charge is -2.25. The summed E-state index contributed by atoms with van der Waals surface area (Å²) in [5.41, 5.74) is -0.460. The molecule has 0 aromatic rings. The molecule has 0 aromatic heterocycles. The Bertz CT molecular complexity index is 309. The highest BCUT2D eigenvalue weighted by Crippen LogP contribution is 2.42. The van der Waals surface area contributed by atoms with Crippen LogP contribution < -0.4 is 0 Å². The first-order valence-corrected chi connectivity index (χ1v) is 6.60. The summed E-state index contributed by atoms with van der Waals surface area (Å²) >= 11 is 0. The van der Waals surface area contributed by atoms with E-state index >= 15 is 0 Å². The highest BCUT2D eigenvalue weighted by molar-refractivity contribution is 5.68. The van der Waals surface area contributed by atoms with Gasteiger partial charge in [-0.05, 0) is 45.4 Å². The van der Waals surface area contributed by atoms with Crippen LogP contribution in [0.5, 0.6) is 0 Å². The average molecular weight is 257 g/mol. The SMILES string of the molecule is CC(C)(C)OC(=O)N1CC2CC(C(O)O)CC2C1. The Kier molecular flexibility index (Phi) is 3.56. The van der Waals surface area contributed by atoms with E-state index in [2.05, 4.69) is 0 Å². The molecule has 2 rings (SSSR count). The Morgan fingerprint density at radius 2 is 1.72 bits per heavy atom. The van der Waals surface area contributed by atoms with Crippen LogP contribution in [0, 0.1) is 17.8 Å². The van der Waals surface area contributed by atoms with Crippen LogP contribution in [0.4, 0.5) is 4.79 Å². The minimum Gasteiger partial charge on any atom is -0.444 e. The number of hydrogen-bond donors (Lipinski definition) is 2. The zero-order chi connectivity index (χ0) is 13.5. The normalized spacial score (nSPS) is 31.9. The minimum absolute atomic E-state index is 0.0270. The number of fused-ring (bicyclic) bond motifs is 1. The molecule has 1 aliphatic heterocycles. The molecular weight excluding hydrogens is 234 g/mol. The van der Waals surface area contributed by atoms with Gasteiger partial charge in [0.2, 0.25) is 0 Å². The van der Waals surface area contributed by atoms with Gasteiger partial charge in [0.1, 0.15) is 5.60 Å². The number of ether oxygens (including phenoxy) is 1. The number of aliphatic hydroxyl groups excluding tert-OH is 1. The van der Waals surface area contributed by atoms with E-state index in [1.807, 2.05) is 20.8 Å². The van der Waals surface area contributed by atoms with Crippen LogP contribution in [0.2, 0.25) is 0 Å². The first-order valence-electron chi connectivity index (χ1n) is 6.60. The van der Waals surface area contributed by atoms with Crippen LogP contribution in [-0.4, -0.2) is 46.2 Å². The highest BCUT2D eigenvalue weighted by Gasteiger charge is 2.44. The van der Waals surface area contributed by atoms with Crippen molar-refractivity contribution in [3.63, 3.8) is 0 Å². The number of carbonyl (C=O) groups excluding carboxylic acids is 1. The topological polar surface area (TPSA) is 70.0 Å². The van der Waals surface area contributed by atoms with E-state index in [-0.39, 0.29) is 12.0 Å². The fraction of sp³-hybridized carbons (Fsp3) is 0.923. The van der Waals surface area contributed by atoms with Gasteiger partial charge in [-0.15, -0.1) is 0 Å². The Balaban J connectivity index is 1.87. The molecular formula is C13H23NO4. The number of carbonyl (C=O) groups is 1. The van der Waals surface area contributed by atoms with Gasteiger partial charge < -0.3 is 19.8 Å². The first-order chi connectivity index (χ1) is 8.26. The maximum Gasteiger partial charge on any atom is 0.410 e. The minimum atomic E-state index is -1.22. The molecule has 0 radical (unpaired) electrons. The fourth-order valence-electron chi connectivity index (χ4n) is 3.07. The smallest absolute Gasteiger partial charge is 0.410 e. The molecule has 1 saturated carbocycles. The van der Waals surface area contributed by atoms with Gasteiger partial charge in [0, 0.05) is 19.0 Å². The number of aliphatic hydroxyl groups is 2. The Hall–Kier alpha value is -0.810. The molecule has 2 unspecified atom stereocenters. The predicted octanol–water partition coefficient (Wildman–Crippen LogP) is 1.19. The third-order valence-electron chi connectivity index (χ3n) is 3.86. The molecule has 2 atom stereocenters. The second-order valence-corrected chi connectivity index (χ2v) is 6.55. The quantitative estimate of drug-likeness (QED) is 0.692. The van der Waals surface area contributed by atoms with Crippen LogP contribution in [0.1, 0.15) is 33.6 Å². The maximum absolute atomic E-state index is 11.9. The summed E-state index contributed by atoms with van der Waals surface area (Å²) in [4.78, 5) is 13.7. The monoisotopic (exact) mass is 257 g/mol. The molecule has 1 saturated heterocycles. The van der Waals surface area contributed by atoms with Gasteiger partial charge >= 0.3 is 6.09 Å². The molecule has 5 nitrogen and oxygen atoms in total. The maximum atomic E-state index is 11.9. The van der Waals surface area contributed by atoms with Crippen LogP contribution in [0.15, 0.2) is 0 Å². The van der Waals surface area contributed by atoms with Crippen molar-refractivity contribution in [3.05, 3.63) is 0 Å². The molecule has 1 aliphatic carbocycles. The number of rotatable bonds is 1. The molecule has 0 spiro atoms. The van der Waals surface area contributed by atoms with Crippen molar-refractivity contribution in [3.8, 4) is 0 Å². The lowest BCUT2D eigenvalue weighted by Crippen LogP contribution is -2.36. The van der Waals surface area contributed by atoms with Crippen molar-refractivity contribution in [2.75, 3.05) is 13.1 Å². The number of hydrogen-bond acceptors (Lipinski definition) is 4. The van der Waals surface area contributed by atoms with Gasteiger partial charge in [0.15, 0.2) is 6.29 Å². The Labute approximate surface area is 108 Å². The average Bonchev–Trinajstić information content (AvgIpc) is 2.69.